The van der Waals surface area contributed by atoms with Gasteiger partial charge < -0.3 is 9.88 Å². The quantitative estimate of drug-likeness (QED) is 0.402. The molecular formula is C27H29N3O. The van der Waals surface area contributed by atoms with Crippen molar-refractivity contribution in [2.45, 2.75) is 39.7 Å². The molecule has 1 aromatic heterocycles. The molecule has 0 aliphatic rings. The van der Waals surface area contributed by atoms with Gasteiger partial charge in [0, 0.05) is 25.1 Å². The SMILES string of the molecule is Cc1ccc(C(=O)NCCCc2nc3ccccc3n2CCc2ccccc2)c(C)c1. The van der Waals surface area contributed by atoms with Gasteiger partial charge in [0.05, 0.1) is 11.0 Å². The highest BCUT2D eigenvalue weighted by Gasteiger charge is 2.12. The first-order valence-corrected chi connectivity index (χ1v) is 11.0. The van der Waals surface area contributed by atoms with Crippen LogP contribution in [0.25, 0.3) is 11.0 Å². The molecule has 4 aromatic rings. The summed E-state index contributed by atoms with van der Waals surface area (Å²) in [5.41, 5.74) is 6.47. The lowest BCUT2D eigenvalue weighted by Crippen LogP contribution is -2.25. The normalized spacial score (nSPS) is 11.0. The maximum Gasteiger partial charge on any atom is 0.251 e. The molecule has 158 valence electrons. The maximum absolute atomic E-state index is 12.5. The summed E-state index contributed by atoms with van der Waals surface area (Å²) < 4.78 is 2.33. The van der Waals surface area contributed by atoms with E-state index in [1.165, 1.54) is 16.6 Å². The Morgan fingerprint density at radius 3 is 2.52 bits per heavy atom. The first kappa shape index (κ1) is 20.9. The molecule has 0 aliphatic heterocycles. The van der Waals surface area contributed by atoms with Gasteiger partial charge in [-0.3, -0.25) is 4.79 Å². The molecule has 4 nitrogen and oxygen atoms in total. The topological polar surface area (TPSA) is 46.9 Å². The first-order chi connectivity index (χ1) is 15.1. The molecule has 0 atom stereocenters. The number of hydrogen-bond acceptors (Lipinski definition) is 2. The van der Waals surface area contributed by atoms with Gasteiger partial charge in [0.2, 0.25) is 0 Å². The molecule has 0 bridgehead atoms. The molecule has 31 heavy (non-hydrogen) atoms. The monoisotopic (exact) mass is 411 g/mol. The van der Waals surface area contributed by atoms with Crippen molar-refractivity contribution in [2.24, 2.45) is 0 Å². The van der Waals surface area contributed by atoms with Gasteiger partial charge in [-0.2, -0.15) is 0 Å². The molecule has 0 unspecified atom stereocenters. The van der Waals surface area contributed by atoms with E-state index in [0.29, 0.717) is 6.54 Å². The minimum Gasteiger partial charge on any atom is -0.352 e. The number of para-hydroxylation sites is 2. The van der Waals surface area contributed by atoms with Gasteiger partial charge >= 0.3 is 0 Å². The Bertz CT molecular complexity index is 1180. The van der Waals surface area contributed by atoms with E-state index in [4.69, 9.17) is 4.98 Å². The molecule has 1 heterocycles. The smallest absolute Gasteiger partial charge is 0.251 e. The molecule has 1 N–H and O–H groups in total. The number of hydrogen-bond donors (Lipinski definition) is 1. The lowest BCUT2D eigenvalue weighted by molar-refractivity contribution is 0.0952. The highest BCUT2D eigenvalue weighted by atomic mass is 16.1. The Morgan fingerprint density at radius 2 is 1.71 bits per heavy atom. The van der Waals surface area contributed by atoms with E-state index in [0.717, 1.165) is 48.3 Å². The second kappa shape index (κ2) is 9.61. The van der Waals surface area contributed by atoms with Crippen LogP contribution in [0.1, 0.15) is 39.3 Å². The lowest BCUT2D eigenvalue weighted by atomic mass is 10.1. The van der Waals surface area contributed by atoms with E-state index in [2.05, 4.69) is 52.3 Å². The third-order valence-corrected chi connectivity index (χ3v) is 5.69. The summed E-state index contributed by atoms with van der Waals surface area (Å²) in [5.74, 6) is 1.08. The Labute approximate surface area is 183 Å². The fourth-order valence-electron chi connectivity index (χ4n) is 4.06. The van der Waals surface area contributed by atoms with Crippen LogP contribution < -0.4 is 5.32 Å². The molecule has 0 spiro atoms. The predicted octanol–water partition coefficient (Wildman–Crippen LogP) is 5.26. The molecule has 0 aliphatic carbocycles. The zero-order chi connectivity index (χ0) is 21.6. The summed E-state index contributed by atoms with van der Waals surface area (Å²) in [6.07, 6.45) is 2.65. The number of benzene rings is 3. The van der Waals surface area contributed by atoms with Crippen molar-refractivity contribution in [3.63, 3.8) is 0 Å². The number of fused-ring (bicyclic) bond motifs is 1. The third-order valence-electron chi connectivity index (χ3n) is 5.69. The molecule has 0 saturated heterocycles. The van der Waals surface area contributed by atoms with E-state index < -0.39 is 0 Å². The first-order valence-electron chi connectivity index (χ1n) is 11.0. The standard InChI is InChI=1S/C27H29N3O/c1-20-14-15-23(21(2)19-20)27(31)28-17-8-13-26-29-24-11-6-7-12-25(24)30(26)18-16-22-9-4-3-5-10-22/h3-7,9-12,14-15,19H,8,13,16-18H2,1-2H3,(H,28,31). The van der Waals surface area contributed by atoms with Gasteiger partial charge in [-0.1, -0.05) is 60.2 Å². The number of aromatic nitrogens is 2. The van der Waals surface area contributed by atoms with E-state index >= 15 is 0 Å². The number of carbonyl (C=O) groups excluding carboxylic acids is 1. The Balaban J connectivity index is 1.40. The van der Waals surface area contributed by atoms with Crippen LogP contribution in [0.2, 0.25) is 0 Å². The van der Waals surface area contributed by atoms with Crippen LogP contribution in [0.3, 0.4) is 0 Å². The van der Waals surface area contributed by atoms with Crippen LogP contribution in [0, 0.1) is 13.8 Å². The number of rotatable bonds is 8. The minimum atomic E-state index is -0.00456. The van der Waals surface area contributed by atoms with Crippen molar-refractivity contribution < 1.29 is 4.79 Å². The van der Waals surface area contributed by atoms with Crippen molar-refractivity contribution in [1.29, 1.82) is 0 Å². The average Bonchev–Trinajstić information content (AvgIpc) is 3.13. The van der Waals surface area contributed by atoms with Crippen LogP contribution in [0.4, 0.5) is 0 Å². The fraction of sp³-hybridized carbons (Fsp3) is 0.259. The Morgan fingerprint density at radius 1 is 0.935 bits per heavy atom. The van der Waals surface area contributed by atoms with Gasteiger partial charge in [-0.05, 0) is 56.0 Å². The molecule has 3 aromatic carbocycles. The lowest BCUT2D eigenvalue weighted by Gasteiger charge is -2.11. The van der Waals surface area contributed by atoms with Crippen molar-refractivity contribution in [3.8, 4) is 0 Å². The molecular weight excluding hydrogens is 382 g/mol. The summed E-state index contributed by atoms with van der Waals surface area (Å²) >= 11 is 0. The van der Waals surface area contributed by atoms with Gasteiger partial charge in [0.15, 0.2) is 0 Å². The molecule has 0 saturated carbocycles. The average molecular weight is 412 g/mol. The van der Waals surface area contributed by atoms with Crippen LogP contribution in [-0.4, -0.2) is 22.0 Å². The second-order valence-electron chi connectivity index (χ2n) is 8.08. The molecule has 4 rings (SSSR count). The zero-order valence-corrected chi connectivity index (χ0v) is 18.3. The molecule has 1 amide bonds. The summed E-state index contributed by atoms with van der Waals surface area (Å²) in [6.45, 7) is 5.55. The maximum atomic E-state index is 12.5. The summed E-state index contributed by atoms with van der Waals surface area (Å²) in [6, 6.07) is 24.8. The second-order valence-corrected chi connectivity index (χ2v) is 8.08. The number of carbonyl (C=O) groups is 1. The molecule has 0 radical (unpaired) electrons. The van der Waals surface area contributed by atoms with Gasteiger partial charge in [0.1, 0.15) is 5.82 Å². The number of amides is 1. The van der Waals surface area contributed by atoms with E-state index in [1.807, 2.05) is 44.2 Å². The highest BCUT2D eigenvalue weighted by Crippen LogP contribution is 2.18. The van der Waals surface area contributed by atoms with Gasteiger partial charge in [-0.15, -0.1) is 0 Å². The van der Waals surface area contributed by atoms with Gasteiger partial charge in [0.25, 0.3) is 5.91 Å². The number of aryl methyl sites for hydroxylation is 5. The Kier molecular flexibility index (Phi) is 6.46. The van der Waals surface area contributed by atoms with Crippen molar-refractivity contribution in [2.75, 3.05) is 6.54 Å². The van der Waals surface area contributed by atoms with E-state index in [9.17, 15) is 4.79 Å². The van der Waals surface area contributed by atoms with Crippen LogP contribution in [0.5, 0.6) is 0 Å². The van der Waals surface area contributed by atoms with E-state index in [-0.39, 0.29) is 5.91 Å². The van der Waals surface area contributed by atoms with Crippen LogP contribution >= 0.6 is 0 Å². The summed E-state index contributed by atoms with van der Waals surface area (Å²) in [4.78, 5) is 17.4. The summed E-state index contributed by atoms with van der Waals surface area (Å²) in [5, 5.41) is 3.06. The number of nitrogens with one attached hydrogen (secondary N) is 1. The van der Waals surface area contributed by atoms with E-state index in [1.54, 1.807) is 0 Å². The number of imidazole rings is 1. The van der Waals surface area contributed by atoms with Crippen LogP contribution in [0.15, 0.2) is 72.8 Å². The number of nitrogens with zero attached hydrogens (tertiary/aromatic N) is 2. The Hall–Kier alpha value is -3.40. The fourth-order valence-corrected chi connectivity index (χ4v) is 4.06. The predicted molar refractivity (Wildman–Crippen MR) is 126 cm³/mol. The molecule has 0 fully saturated rings. The zero-order valence-electron chi connectivity index (χ0n) is 18.3. The summed E-state index contributed by atoms with van der Waals surface area (Å²) in [7, 11) is 0. The van der Waals surface area contributed by atoms with Gasteiger partial charge in [-0.25, -0.2) is 4.98 Å². The largest absolute Gasteiger partial charge is 0.352 e. The van der Waals surface area contributed by atoms with Crippen LogP contribution in [-0.2, 0) is 19.4 Å². The van der Waals surface area contributed by atoms with Crippen molar-refractivity contribution in [3.05, 3.63) is 101 Å². The van der Waals surface area contributed by atoms with Crippen molar-refractivity contribution in [1.82, 2.24) is 14.9 Å². The molecule has 4 heteroatoms. The third kappa shape index (κ3) is 5.02. The highest BCUT2D eigenvalue weighted by molar-refractivity contribution is 5.95. The minimum absolute atomic E-state index is 0.00456. The van der Waals surface area contributed by atoms with Crippen molar-refractivity contribution >= 4 is 16.9 Å².